The van der Waals surface area contributed by atoms with Gasteiger partial charge in [0.15, 0.2) is 5.89 Å². The van der Waals surface area contributed by atoms with Gasteiger partial charge in [-0.25, -0.2) is 4.98 Å². The molecular weight excluding hydrogens is 156 g/mol. The van der Waals surface area contributed by atoms with Crippen molar-refractivity contribution in [3.63, 3.8) is 0 Å². The second-order valence-corrected chi connectivity index (χ2v) is 2.48. The van der Waals surface area contributed by atoms with Crippen molar-refractivity contribution >= 4 is 11.1 Å². The van der Waals surface area contributed by atoms with Gasteiger partial charge in [0.25, 0.3) is 5.56 Å². The summed E-state index contributed by atoms with van der Waals surface area (Å²) in [6.07, 6.45) is 2.26. The van der Waals surface area contributed by atoms with Crippen molar-refractivity contribution in [2.45, 2.75) is 13.3 Å². The van der Waals surface area contributed by atoms with Gasteiger partial charge in [-0.2, -0.15) is 0 Å². The summed E-state index contributed by atoms with van der Waals surface area (Å²) < 4.78 is 5.19. The smallest absolute Gasteiger partial charge is 0.293 e. The molecule has 0 spiro atoms. The minimum absolute atomic E-state index is 0.222. The van der Waals surface area contributed by atoms with Crippen LogP contribution < -0.4 is 5.56 Å². The van der Waals surface area contributed by atoms with Gasteiger partial charge in [0, 0.05) is 12.6 Å². The van der Waals surface area contributed by atoms with E-state index in [2.05, 4.69) is 9.97 Å². The lowest BCUT2D eigenvalue weighted by Gasteiger charge is -1.81. The Hall–Kier alpha value is -1.58. The lowest BCUT2D eigenvalue weighted by atomic mass is 10.4. The first-order chi connectivity index (χ1) is 5.81. The van der Waals surface area contributed by atoms with E-state index in [1.807, 2.05) is 6.92 Å². The van der Waals surface area contributed by atoms with Gasteiger partial charge >= 0.3 is 0 Å². The lowest BCUT2D eigenvalue weighted by molar-refractivity contribution is 0.534. The number of fused-ring (bicyclic) bond motifs is 1. The van der Waals surface area contributed by atoms with Gasteiger partial charge in [-0.3, -0.25) is 4.79 Å². The number of H-pyrrole nitrogens is 1. The third kappa shape index (κ3) is 0.922. The summed E-state index contributed by atoms with van der Waals surface area (Å²) in [4.78, 5) is 17.7. The van der Waals surface area contributed by atoms with Crippen LogP contribution in [-0.4, -0.2) is 9.97 Å². The van der Waals surface area contributed by atoms with Crippen LogP contribution in [0.25, 0.3) is 11.1 Å². The molecule has 2 aromatic heterocycles. The Morgan fingerprint density at radius 2 is 2.50 bits per heavy atom. The topological polar surface area (TPSA) is 58.9 Å². The maximum Gasteiger partial charge on any atom is 0.293 e. The lowest BCUT2D eigenvalue weighted by Crippen LogP contribution is -2.02. The molecule has 0 saturated carbocycles. The van der Waals surface area contributed by atoms with E-state index in [0.717, 1.165) is 0 Å². The van der Waals surface area contributed by atoms with Gasteiger partial charge in [-0.15, -0.1) is 0 Å². The number of hydrogen-bond acceptors (Lipinski definition) is 3. The molecule has 0 aliphatic heterocycles. The van der Waals surface area contributed by atoms with Crippen LogP contribution in [0.2, 0.25) is 0 Å². The number of aryl methyl sites for hydroxylation is 1. The van der Waals surface area contributed by atoms with Crippen LogP contribution in [0.1, 0.15) is 12.8 Å². The monoisotopic (exact) mass is 164 g/mol. The minimum atomic E-state index is -0.222. The summed E-state index contributed by atoms with van der Waals surface area (Å²) in [7, 11) is 0. The maximum absolute atomic E-state index is 11.1. The van der Waals surface area contributed by atoms with E-state index < -0.39 is 0 Å². The van der Waals surface area contributed by atoms with Crippen LogP contribution >= 0.6 is 0 Å². The Balaban J connectivity index is 2.83. The standard InChI is InChI=1S/C8H8N2O2/c1-2-6-10-5-3-4-9-8(11)7(5)12-6/h3-4H,2H2,1H3,(H,9,11). The number of aromatic amines is 1. The van der Waals surface area contributed by atoms with Crippen LogP contribution in [0.4, 0.5) is 0 Å². The van der Waals surface area contributed by atoms with Crippen LogP contribution in [0.5, 0.6) is 0 Å². The van der Waals surface area contributed by atoms with E-state index in [0.29, 0.717) is 23.4 Å². The van der Waals surface area contributed by atoms with Crippen molar-refractivity contribution < 1.29 is 4.42 Å². The Morgan fingerprint density at radius 1 is 1.67 bits per heavy atom. The van der Waals surface area contributed by atoms with Crippen LogP contribution in [0.3, 0.4) is 0 Å². The van der Waals surface area contributed by atoms with E-state index in [9.17, 15) is 4.79 Å². The largest absolute Gasteiger partial charge is 0.435 e. The van der Waals surface area contributed by atoms with Crippen molar-refractivity contribution in [3.8, 4) is 0 Å². The second-order valence-electron chi connectivity index (χ2n) is 2.48. The molecule has 4 nitrogen and oxygen atoms in total. The molecule has 2 heterocycles. The highest BCUT2D eigenvalue weighted by Gasteiger charge is 2.05. The third-order valence-corrected chi connectivity index (χ3v) is 1.66. The Morgan fingerprint density at radius 3 is 3.17 bits per heavy atom. The molecule has 1 N–H and O–H groups in total. The molecule has 0 radical (unpaired) electrons. The molecule has 0 fully saturated rings. The summed E-state index contributed by atoms with van der Waals surface area (Å²) in [5, 5.41) is 0. The Kier molecular flexibility index (Phi) is 1.46. The maximum atomic E-state index is 11.1. The number of nitrogens with one attached hydrogen (secondary N) is 1. The molecule has 0 saturated heterocycles. The van der Waals surface area contributed by atoms with Gasteiger partial charge in [-0.05, 0) is 6.07 Å². The van der Waals surface area contributed by atoms with Gasteiger partial charge in [0.2, 0.25) is 5.58 Å². The molecule has 62 valence electrons. The number of pyridine rings is 1. The van der Waals surface area contributed by atoms with E-state index >= 15 is 0 Å². The molecule has 2 aromatic rings. The Labute approximate surface area is 68.2 Å². The molecule has 4 heteroatoms. The molecule has 0 bridgehead atoms. The van der Waals surface area contributed by atoms with E-state index in [4.69, 9.17) is 4.42 Å². The fourth-order valence-electron chi connectivity index (χ4n) is 1.07. The molecular formula is C8H8N2O2. The average molecular weight is 164 g/mol. The first-order valence-electron chi connectivity index (χ1n) is 3.78. The normalized spacial score (nSPS) is 10.8. The van der Waals surface area contributed by atoms with Crippen molar-refractivity contribution in [2.75, 3.05) is 0 Å². The highest BCUT2D eigenvalue weighted by atomic mass is 16.4. The third-order valence-electron chi connectivity index (χ3n) is 1.66. The van der Waals surface area contributed by atoms with Crippen molar-refractivity contribution in [1.82, 2.24) is 9.97 Å². The van der Waals surface area contributed by atoms with Crippen molar-refractivity contribution in [2.24, 2.45) is 0 Å². The van der Waals surface area contributed by atoms with Crippen LogP contribution in [0, 0.1) is 0 Å². The predicted octanol–water partition coefficient (Wildman–Crippen LogP) is 1.08. The fraction of sp³-hybridized carbons (Fsp3) is 0.250. The Bertz CT molecular complexity index is 455. The number of rotatable bonds is 1. The molecule has 0 aliphatic rings. The summed E-state index contributed by atoms with van der Waals surface area (Å²) in [6, 6.07) is 1.72. The van der Waals surface area contributed by atoms with E-state index in [1.54, 1.807) is 12.3 Å². The summed E-state index contributed by atoms with van der Waals surface area (Å²) in [5.74, 6) is 0.599. The van der Waals surface area contributed by atoms with E-state index in [1.165, 1.54) is 0 Å². The van der Waals surface area contributed by atoms with Gasteiger partial charge in [0.05, 0.1) is 0 Å². The molecule has 0 aromatic carbocycles. The predicted molar refractivity (Wildman–Crippen MR) is 44.0 cm³/mol. The van der Waals surface area contributed by atoms with Gasteiger partial charge in [-0.1, -0.05) is 6.92 Å². The van der Waals surface area contributed by atoms with Gasteiger partial charge in [0.1, 0.15) is 5.52 Å². The second kappa shape index (κ2) is 2.48. The number of hydrogen-bond donors (Lipinski definition) is 1. The highest BCUT2D eigenvalue weighted by Crippen LogP contribution is 2.09. The first kappa shape index (κ1) is 7.09. The average Bonchev–Trinajstić information content (AvgIpc) is 2.49. The number of aromatic nitrogens is 2. The SMILES string of the molecule is CCc1nc2cc[nH]c(=O)c2o1. The van der Waals surface area contributed by atoms with Crippen LogP contribution in [0.15, 0.2) is 21.5 Å². The zero-order chi connectivity index (χ0) is 8.55. The number of oxazole rings is 1. The minimum Gasteiger partial charge on any atom is -0.435 e. The first-order valence-corrected chi connectivity index (χ1v) is 3.78. The molecule has 12 heavy (non-hydrogen) atoms. The molecule has 0 unspecified atom stereocenters. The summed E-state index contributed by atoms with van der Waals surface area (Å²) >= 11 is 0. The summed E-state index contributed by atoms with van der Waals surface area (Å²) in [5.41, 5.74) is 0.713. The molecule has 0 atom stereocenters. The van der Waals surface area contributed by atoms with Crippen molar-refractivity contribution in [3.05, 3.63) is 28.5 Å². The number of nitrogens with zero attached hydrogens (tertiary/aromatic N) is 1. The van der Waals surface area contributed by atoms with E-state index in [-0.39, 0.29) is 5.56 Å². The van der Waals surface area contributed by atoms with Crippen LogP contribution in [-0.2, 0) is 6.42 Å². The highest BCUT2D eigenvalue weighted by molar-refractivity contribution is 5.70. The quantitative estimate of drug-likeness (QED) is 0.686. The summed E-state index contributed by atoms with van der Waals surface area (Å²) in [6.45, 7) is 1.93. The molecule has 0 amide bonds. The zero-order valence-electron chi connectivity index (χ0n) is 6.63. The zero-order valence-corrected chi connectivity index (χ0v) is 6.63. The molecule has 0 aliphatic carbocycles. The molecule has 2 rings (SSSR count). The van der Waals surface area contributed by atoms with Gasteiger partial charge < -0.3 is 9.40 Å². The fourth-order valence-corrected chi connectivity index (χ4v) is 1.07. The van der Waals surface area contributed by atoms with Crippen molar-refractivity contribution in [1.29, 1.82) is 0 Å².